The Morgan fingerprint density at radius 3 is 2.48 bits per heavy atom. The van der Waals surface area contributed by atoms with E-state index in [0.29, 0.717) is 11.1 Å². The molecule has 0 aliphatic carbocycles. The number of aliphatic hydroxyl groups is 2. The van der Waals surface area contributed by atoms with Crippen molar-refractivity contribution in [2.75, 3.05) is 12.4 Å². The van der Waals surface area contributed by atoms with Crippen molar-refractivity contribution in [3.05, 3.63) is 87.8 Å². The second-order valence-corrected chi connectivity index (χ2v) is 11.7. The minimum atomic E-state index is -1.50. The molecule has 2 heterocycles. The molecule has 0 radical (unpaired) electrons. The highest BCUT2D eigenvalue weighted by molar-refractivity contribution is 5.91. The lowest BCUT2D eigenvalue weighted by Crippen LogP contribution is -2.65. The number of fused-ring (bicyclic) bond motifs is 1. The molecule has 4 aromatic rings. The van der Waals surface area contributed by atoms with Crippen LogP contribution in [0.15, 0.2) is 69.9 Å². The van der Waals surface area contributed by atoms with Gasteiger partial charge in [-0.25, -0.2) is 9.59 Å². The summed E-state index contributed by atoms with van der Waals surface area (Å²) in [4.78, 5) is 24.6. The fourth-order valence-electron chi connectivity index (χ4n) is 5.73. The second kappa shape index (κ2) is 13.0. The number of hydrogen-bond acceptors (Lipinski definition) is 11. The number of aromatic hydroxyl groups is 1. The van der Waals surface area contributed by atoms with Gasteiger partial charge in [-0.15, -0.1) is 0 Å². The van der Waals surface area contributed by atoms with Gasteiger partial charge in [0.15, 0.2) is 29.9 Å². The molecular weight excluding hydrogens is 596 g/mol. The van der Waals surface area contributed by atoms with E-state index in [9.17, 15) is 24.9 Å². The molecule has 0 spiro atoms. The van der Waals surface area contributed by atoms with Gasteiger partial charge in [0.2, 0.25) is 6.29 Å². The summed E-state index contributed by atoms with van der Waals surface area (Å²) in [5, 5.41) is 35.9. The number of aryl methyl sites for hydroxylation is 2. The number of rotatable bonds is 9. The van der Waals surface area contributed by atoms with Gasteiger partial charge < -0.3 is 49.7 Å². The third-order valence-corrected chi connectivity index (χ3v) is 8.19. The molecule has 244 valence electrons. The fourth-order valence-corrected chi connectivity index (χ4v) is 5.73. The minimum Gasteiger partial charge on any atom is -0.505 e. The Morgan fingerprint density at radius 2 is 1.83 bits per heavy atom. The maximum Gasteiger partial charge on any atom is 0.404 e. The Kier molecular flexibility index (Phi) is 9.27. The Hall–Kier alpha value is -4.62. The van der Waals surface area contributed by atoms with Gasteiger partial charge in [-0.05, 0) is 62.1 Å². The summed E-state index contributed by atoms with van der Waals surface area (Å²) in [6, 6.07) is 18.3. The van der Waals surface area contributed by atoms with Gasteiger partial charge in [0, 0.05) is 18.2 Å². The van der Waals surface area contributed by atoms with E-state index in [-0.39, 0.29) is 22.4 Å². The number of ether oxygens (including phenoxy) is 4. The predicted molar refractivity (Wildman–Crippen MR) is 170 cm³/mol. The zero-order valence-corrected chi connectivity index (χ0v) is 26.1. The molecule has 1 aliphatic heterocycles. The highest BCUT2D eigenvalue weighted by Gasteiger charge is 2.53. The molecule has 5 rings (SSSR count). The van der Waals surface area contributed by atoms with Crippen molar-refractivity contribution in [1.29, 1.82) is 0 Å². The molecule has 1 fully saturated rings. The van der Waals surface area contributed by atoms with Gasteiger partial charge >= 0.3 is 11.7 Å². The van der Waals surface area contributed by atoms with Crippen LogP contribution in [-0.4, -0.2) is 58.7 Å². The van der Waals surface area contributed by atoms with Crippen LogP contribution in [0.1, 0.15) is 43.7 Å². The highest BCUT2D eigenvalue weighted by Crippen LogP contribution is 2.39. The third-order valence-electron chi connectivity index (χ3n) is 8.19. The standard InChI is InChI=1S/C34H38N2O10/c1-6-18-10-12-19(13-11-18)20-8-7-9-21(16-20)30(39)36-24-25(37)22-14-15-23(17(2)27(22)44-31(24)40)43-32-26(38)28(45-33(35)41)29(42-5)34(3,4)46-32/h7-16,26,28-30,32,36-39H,6H2,1-5H3,(H2,35,41)/t26-,28+,29-,30?,32-/m1/s1. The average Bonchev–Trinajstić information content (AvgIpc) is 3.02. The van der Waals surface area contributed by atoms with Crippen LogP contribution in [0.2, 0.25) is 0 Å². The molecule has 0 saturated carbocycles. The number of carbonyl (C=O) groups is 1. The summed E-state index contributed by atoms with van der Waals surface area (Å²) in [7, 11) is 1.38. The number of primary amides is 1. The Balaban J connectivity index is 1.40. The van der Waals surface area contributed by atoms with E-state index in [2.05, 4.69) is 12.2 Å². The molecule has 6 N–H and O–H groups in total. The molecule has 1 unspecified atom stereocenters. The monoisotopic (exact) mass is 634 g/mol. The molecule has 5 atom stereocenters. The molecule has 1 aromatic heterocycles. The van der Waals surface area contributed by atoms with Crippen molar-refractivity contribution >= 4 is 22.7 Å². The summed E-state index contributed by atoms with van der Waals surface area (Å²) in [5.74, 6) is -0.271. The molecule has 46 heavy (non-hydrogen) atoms. The van der Waals surface area contributed by atoms with E-state index in [4.69, 9.17) is 29.1 Å². The normalized spacial score (nSPS) is 21.5. The van der Waals surface area contributed by atoms with Gasteiger partial charge in [0.05, 0.1) is 11.0 Å². The predicted octanol–water partition coefficient (Wildman–Crippen LogP) is 4.49. The first-order valence-corrected chi connectivity index (χ1v) is 14.8. The van der Waals surface area contributed by atoms with Gasteiger partial charge in [-0.1, -0.05) is 49.4 Å². The van der Waals surface area contributed by atoms with Gasteiger partial charge in [0.25, 0.3) is 0 Å². The molecule has 3 aromatic carbocycles. The summed E-state index contributed by atoms with van der Waals surface area (Å²) in [6.07, 6.45) is -6.42. The van der Waals surface area contributed by atoms with E-state index in [1.807, 2.05) is 30.3 Å². The molecular formula is C34H38N2O10. The number of nitrogens with one attached hydrogen (secondary N) is 1. The molecule has 12 heteroatoms. The maximum absolute atomic E-state index is 13.1. The Labute approximate surface area is 265 Å². The van der Waals surface area contributed by atoms with Crippen molar-refractivity contribution in [2.24, 2.45) is 5.73 Å². The third kappa shape index (κ3) is 6.38. The first-order valence-electron chi connectivity index (χ1n) is 14.8. The topological polar surface area (TPSA) is 183 Å². The van der Waals surface area contributed by atoms with Crippen LogP contribution >= 0.6 is 0 Å². The number of amides is 1. The summed E-state index contributed by atoms with van der Waals surface area (Å²) in [5.41, 5.74) is 6.75. The van der Waals surface area contributed by atoms with Gasteiger partial charge in [-0.2, -0.15) is 0 Å². The molecule has 0 bridgehead atoms. The second-order valence-electron chi connectivity index (χ2n) is 11.7. The van der Waals surface area contributed by atoms with Crippen molar-refractivity contribution in [3.63, 3.8) is 0 Å². The van der Waals surface area contributed by atoms with E-state index < -0.39 is 53.9 Å². The van der Waals surface area contributed by atoms with Crippen LogP contribution in [0, 0.1) is 6.92 Å². The van der Waals surface area contributed by atoms with Crippen LogP contribution < -0.4 is 21.4 Å². The molecule has 1 amide bonds. The number of methoxy groups -OCH3 is 1. The molecule has 12 nitrogen and oxygen atoms in total. The molecule has 1 saturated heterocycles. The number of hydrogen-bond donors (Lipinski definition) is 5. The van der Waals surface area contributed by atoms with Crippen LogP contribution in [0.3, 0.4) is 0 Å². The van der Waals surface area contributed by atoms with Gasteiger partial charge in [-0.3, -0.25) is 0 Å². The van der Waals surface area contributed by atoms with Crippen LogP contribution in [0.4, 0.5) is 10.5 Å². The quantitative estimate of drug-likeness (QED) is 0.129. The number of anilines is 1. The van der Waals surface area contributed by atoms with E-state index >= 15 is 0 Å². The summed E-state index contributed by atoms with van der Waals surface area (Å²) in [6.45, 7) is 7.03. The maximum atomic E-state index is 13.1. The lowest BCUT2D eigenvalue weighted by Gasteiger charge is -2.47. The lowest BCUT2D eigenvalue weighted by atomic mass is 9.89. The zero-order valence-electron chi connectivity index (χ0n) is 26.1. The smallest absolute Gasteiger partial charge is 0.404 e. The van der Waals surface area contributed by atoms with Crippen molar-refractivity contribution in [2.45, 2.75) is 70.5 Å². The largest absolute Gasteiger partial charge is 0.505 e. The van der Waals surface area contributed by atoms with Crippen molar-refractivity contribution in [1.82, 2.24) is 0 Å². The number of benzene rings is 3. The average molecular weight is 635 g/mol. The van der Waals surface area contributed by atoms with Gasteiger partial charge in [0.1, 0.15) is 17.4 Å². The van der Waals surface area contributed by atoms with Crippen molar-refractivity contribution in [3.8, 4) is 22.6 Å². The van der Waals surface area contributed by atoms with Crippen LogP contribution in [0.25, 0.3) is 22.1 Å². The fraction of sp³-hybridized carbons (Fsp3) is 0.353. The van der Waals surface area contributed by atoms with E-state index in [1.165, 1.54) is 24.8 Å². The first kappa shape index (κ1) is 32.8. The van der Waals surface area contributed by atoms with E-state index in [0.717, 1.165) is 17.5 Å². The van der Waals surface area contributed by atoms with E-state index in [1.54, 1.807) is 39.0 Å². The number of carbonyl (C=O) groups excluding carboxylic acids is 1. The SMILES string of the molecule is CCc1ccc(-c2cccc(C(O)Nc3c(O)c4ccc(O[C@@H]5OC(C)(C)[C@H](OC)[C@@H](OC(N)=O)[C@H]5O)c(C)c4oc3=O)c2)cc1. The minimum absolute atomic E-state index is 0.0156. The Morgan fingerprint density at radius 1 is 1.11 bits per heavy atom. The highest BCUT2D eigenvalue weighted by atomic mass is 16.7. The zero-order chi connectivity index (χ0) is 33.3. The Bertz CT molecular complexity index is 1790. The summed E-state index contributed by atoms with van der Waals surface area (Å²) < 4.78 is 28.1. The number of aliphatic hydroxyl groups excluding tert-OH is 2. The lowest BCUT2D eigenvalue weighted by molar-refractivity contribution is -0.304. The summed E-state index contributed by atoms with van der Waals surface area (Å²) >= 11 is 0. The number of nitrogens with two attached hydrogens (primary N) is 1. The first-order chi connectivity index (χ1) is 21.8. The van der Waals surface area contributed by atoms with Crippen LogP contribution in [0.5, 0.6) is 11.5 Å². The van der Waals surface area contributed by atoms with Crippen molar-refractivity contribution < 1.29 is 43.5 Å². The van der Waals surface area contributed by atoms with Crippen LogP contribution in [-0.2, 0) is 20.6 Å². The molecule has 1 aliphatic rings.